The first-order chi connectivity index (χ1) is 7.28. The van der Waals surface area contributed by atoms with Crippen LogP contribution in [0.5, 0.6) is 0 Å². The minimum atomic E-state index is 0.0151. The van der Waals surface area contributed by atoms with Crippen molar-refractivity contribution in [3.8, 4) is 0 Å². The molecule has 2 fully saturated rings. The average Bonchev–Trinajstić information content (AvgIpc) is 2.56. The molecule has 0 N–H and O–H groups in total. The lowest BCUT2D eigenvalue weighted by atomic mass is 9.72. The van der Waals surface area contributed by atoms with E-state index in [1.54, 1.807) is 6.26 Å². The molecule has 2 nitrogen and oxygen atoms in total. The highest BCUT2D eigenvalue weighted by Gasteiger charge is 2.45. The van der Waals surface area contributed by atoms with Gasteiger partial charge in [-0.3, -0.25) is 4.79 Å². The van der Waals surface area contributed by atoms with Gasteiger partial charge in [-0.25, -0.2) is 0 Å². The third-order valence-corrected chi connectivity index (χ3v) is 3.85. The van der Waals surface area contributed by atoms with Gasteiger partial charge in [0.05, 0.1) is 12.9 Å². The van der Waals surface area contributed by atoms with Gasteiger partial charge in [-0.1, -0.05) is 19.3 Å². The van der Waals surface area contributed by atoms with Gasteiger partial charge in [0.15, 0.2) is 5.78 Å². The van der Waals surface area contributed by atoms with Crippen LogP contribution in [0.4, 0.5) is 0 Å². The van der Waals surface area contributed by atoms with Gasteiger partial charge in [0.25, 0.3) is 0 Å². The predicted octanol–water partition coefficient (Wildman–Crippen LogP) is 3.22. The summed E-state index contributed by atoms with van der Waals surface area (Å²) in [5.74, 6) is 0.385. The summed E-state index contributed by atoms with van der Waals surface area (Å²) in [6.45, 7) is 2.61. The summed E-state index contributed by atoms with van der Waals surface area (Å²) < 4.78 is 5.24. The minimum Gasteiger partial charge on any atom is -0.501 e. The second-order valence-electron chi connectivity index (χ2n) is 4.77. The molecule has 0 aromatic rings. The van der Waals surface area contributed by atoms with Gasteiger partial charge >= 0.3 is 0 Å². The molecular formula is C13H20O2. The molecule has 0 heterocycles. The topological polar surface area (TPSA) is 26.3 Å². The summed E-state index contributed by atoms with van der Waals surface area (Å²) in [6, 6.07) is 0. The molecule has 2 rings (SSSR count). The van der Waals surface area contributed by atoms with Gasteiger partial charge in [0, 0.05) is 11.0 Å². The number of carbonyl (C=O) groups is 1. The zero-order chi connectivity index (χ0) is 10.7. The fourth-order valence-corrected chi connectivity index (χ4v) is 2.94. The molecule has 0 radical (unpaired) electrons. The number of allylic oxidation sites excluding steroid dienone is 1. The Bertz CT molecular complexity index is 272. The van der Waals surface area contributed by atoms with Crippen LogP contribution in [0.2, 0.25) is 0 Å². The van der Waals surface area contributed by atoms with Crippen molar-refractivity contribution in [2.75, 3.05) is 6.61 Å². The second kappa shape index (κ2) is 4.38. The van der Waals surface area contributed by atoms with Crippen molar-refractivity contribution in [3.05, 3.63) is 11.8 Å². The molecule has 0 aromatic heterocycles. The first-order valence-corrected chi connectivity index (χ1v) is 6.14. The largest absolute Gasteiger partial charge is 0.501 e. The predicted molar refractivity (Wildman–Crippen MR) is 59.5 cm³/mol. The molecule has 0 bridgehead atoms. The summed E-state index contributed by atoms with van der Waals surface area (Å²) in [4.78, 5) is 12.2. The molecule has 0 amide bonds. The number of carbonyl (C=O) groups excluding carboxylic acids is 1. The van der Waals surface area contributed by atoms with Gasteiger partial charge in [0.1, 0.15) is 0 Å². The lowest BCUT2D eigenvalue weighted by molar-refractivity contribution is -0.124. The first-order valence-electron chi connectivity index (χ1n) is 6.14. The Kier molecular flexibility index (Phi) is 3.13. The molecule has 84 valence electrons. The van der Waals surface area contributed by atoms with E-state index in [0.717, 1.165) is 31.3 Å². The van der Waals surface area contributed by atoms with E-state index >= 15 is 0 Å². The van der Waals surface area contributed by atoms with Gasteiger partial charge in [0.2, 0.25) is 0 Å². The van der Waals surface area contributed by atoms with Crippen LogP contribution < -0.4 is 0 Å². The van der Waals surface area contributed by atoms with E-state index in [4.69, 9.17) is 4.74 Å². The van der Waals surface area contributed by atoms with Crippen LogP contribution in [0.15, 0.2) is 11.8 Å². The Hall–Kier alpha value is -0.790. The SMILES string of the molecule is CCO/C=C1/CCC2(CCCCC2)C1=O. The minimum absolute atomic E-state index is 0.0151. The molecule has 15 heavy (non-hydrogen) atoms. The zero-order valence-corrected chi connectivity index (χ0v) is 9.55. The molecule has 2 aliphatic carbocycles. The van der Waals surface area contributed by atoms with Gasteiger partial charge in [-0.15, -0.1) is 0 Å². The van der Waals surface area contributed by atoms with Gasteiger partial charge in [-0.05, 0) is 32.6 Å². The number of rotatable bonds is 2. The van der Waals surface area contributed by atoms with E-state index in [9.17, 15) is 4.79 Å². The number of Topliss-reactive ketones (excluding diaryl/α,β-unsaturated/α-hetero) is 1. The van der Waals surface area contributed by atoms with Crippen LogP contribution in [0.25, 0.3) is 0 Å². The van der Waals surface area contributed by atoms with Crippen LogP contribution in [0, 0.1) is 5.41 Å². The lowest BCUT2D eigenvalue weighted by Gasteiger charge is -2.31. The number of ether oxygens (including phenoxy) is 1. The Balaban J connectivity index is 2.08. The molecule has 2 aliphatic rings. The van der Waals surface area contributed by atoms with E-state index < -0.39 is 0 Å². The van der Waals surface area contributed by atoms with Crippen molar-refractivity contribution in [2.45, 2.75) is 51.9 Å². The highest BCUT2D eigenvalue weighted by atomic mass is 16.5. The fraction of sp³-hybridized carbons (Fsp3) is 0.769. The molecule has 0 unspecified atom stereocenters. The van der Waals surface area contributed by atoms with Crippen LogP contribution in [-0.2, 0) is 9.53 Å². The number of ketones is 1. The molecule has 0 aliphatic heterocycles. The maximum absolute atomic E-state index is 12.2. The van der Waals surface area contributed by atoms with E-state index in [2.05, 4.69) is 0 Å². The summed E-state index contributed by atoms with van der Waals surface area (Å²) in [7, 11) is 0. The Morgan fingerprint density at radius 2 is 2.00 bits per heavy atom. The molecule has 2 saturated carbocycles. The van der Waals surface area contributed by atoms with Crippen LogP contribution in [0.3, 0.4) is 0 Å². The smallest absolute Gasteiger partial charge is 0.168 e. The third kappa shape index (κ3) is 1.95. The average molecular weight is 208 g/mol. The molecule has 0 atom stereocenters. The van der Waals surface area contributed by atoms with Crippen molar-refractivity contribution >= 4 is 5.78 Å². The van der Waals surface area contributed by atoms with Crippen molar-refractivity contribution in [2.24, 2.45) is 5.41 Å². The van der Waals surface area contributed by atoms with Crippen molar-refractivity contribution in [3.63, 3.8) is 0 Å². The van der Waals surface area contributed by atoms with Crippen molar-refractivity contribution < 1.29 is 9.53 Å². The first kappa shape index (κ1) is 10.7. The van der Waals surface area contributed by atoms with E-state index in [-0.39, 0.29) is 5.41 Å². The maximum atomic E-state index is 12.2. The Morgan fingerprint density at radius 3 is 2.67 bits per heavy atom. The number of hydrogen-bond acceptors (Lipinski definition) is 2. The van der Waals surface area contributed by atoms with Gasteiger partial charge in [-0.2, -0.15) is 0 Å². The van der Waals surface area contributed by atoms with Crippen LogP contribution in [-0.4, -0.2) is 12.4 Å². The summed E-state index contributed by atoms with van der Waals surface area (Å²) in [5.41, 5.74) is 0.944. The summed E-state index contributed by atoms with van der Waals surface area (Å²) in [5, 5.41) is 0. The van der Waals surface area contributed by atoms with Crippen LogP contribution >= 0.6 is 0 Å². The molecule has 0 aromatic carbocycles. The zero-order valence-electron chi connectivity index (χ0n) is 9.55. The fourth-order valence-electron chi connectivity index (χ4n) is 2.94. The highest BCUT2D eigenvalue weighted by Crippen LogP contribution is 2.48. The third-order valence-electron chi connectivity index (χ3n) is 3.85. The molecular weight excluding hydrogens is 188 g/mol. The summed E-state index contributed by atoms with van der Waals surface area (Å²) >= 11 is 0. The monoisotopic (exact) mass is 208 g/mol. The molecule has 1 spiro atoms. The normalized spacial score (nSPS) is 27.5. The maximum Gasteiger partial charge on any atom is 0.168 e. The standard InChI is InChI=1S/C13H20O2/c1-2-15-10-11-6-9-13(12(11)14)7-4-3-5-8-13/h10H,2-9H2,1H3/b11-10-. The molecule has 0 saturated heterocycles. The van der Waals surface area contributed by atoms with E-state index in [1.165, 1.54) is 19.3 Å². The number of hydrogen-bond donors (Lipinski definition) is 0. The molecule has 2 heteroatoms. The van der Waals surface area contributed by atoms with Crippen molar-refractivity contribution in [1.82, 2.24) is 0 Å². The van der Waals surface area contributed by atoms with E-state index in [1.807, 2.05) is 6.92 Å². The quantitative estimate of drug-likeness (QED) is 0.514. The Morgan fingerprint density at radius 1 is 1.27 bits per heavy atom. The Labute approximate surface area is 91.7 Å². The van der Waals surface area contributed by atoms with Crippen LogP contribution in [0.1, 0.15) is 51.9 Å². The lowest BCUT2D eigenvalue weighted by Crippen LogP contribution is -2.28. The highest BCUT2D eigenvalue weighted by molar-refractivity contribution is 6.02. The second-order valence-corrected chi connectivity index (χ2v) is 4.77. The van der Waals surface area contributed by atoms with E-state index in [0.29, 0.717) is 12.4 Å². The van der Waals surface area contributed by atoms with Gasteiger partial charge < -0.3 is 4.74 Å². The van der Waals surface area contributed by atoms with Crippen molar-refractivity contribution in [1.29, 1.82) is 0 Å². The summed E-state index contributed by atoms with van der Waals surface area (Å²) in [6.07, 6.45) is 9.67.